The molecule has 0 heterocycles. The molecule has 0 unspecified atom stereocenters. The number of carbonyl (C=O) groups excluding carboxylic acids is 1. The highest BCUT2D eigenvalue weighted by atomic mass is 16.1. The van der Waals surface area contributed by atoms with Crippen molar-refractivity contribution in [2.75, 3.05) is 13.1 Å². The lowest BCUT2D eigenvalue weighted by atomic mass is 10.0. The van der Waals surface area contributed by atoms with Crippen molar-refractivity contribution in [3.63, 3.8) is 0 Å². The minimum absolute atomic E-state index is 0.0752. The predicted octanol–water partition coefficient (Wildman–Crippen LogP) is 3.87. The van der Waals surface area contributed by atoms with E-state index in [-0.39, 0.29) is 5.78 Å². The van der Waals surface area contributed by atoms with Crippen LogP contribution in [0.2, 0.25) is 0 Å². The Kier molecular flexibility index (Phi) is 8.18. The maximum absolute atomic E-state index is 11.8. The second kappa shape index (κ2) is 10.4. The Morgan fingerprint density at radius 1 is 0.810 bits per heavy atom. The van der Waals surface area contributed by atoms with E-state index < -0.39 is 0 Å². The third kappa shape index (κ3) is 6.50. The highest BCUT2D eigenvalue weighted by molar-refractivity contribution is 6.08. The van der Waals surface area contributed by atoms with Crippen molar-refractivity contribution in [3.8, 4) is 0 Å². The van der Waals surface area contributed by atoms with Crippen LogP contribution in [0.15, 0.2) is 86.0 Å². The average molecular weight is 279 g/mol. The van der Waals surface area contributed by atoms with Gasteiger partial charge in [-0.05, 0) is 0 Å². The average Bonchev–Trinajstić information content (AvgIpc) is 2.57. The first-order valence-corrected chi connectivity index (χ1v) is 6.87. The zero-order valence-electron chi connectivity index (χ0n) is 12.2. The number of hydrogen-bond donors (Lipinski definition) is 1. The van der Waals surface area contributed by atoms with Crippen LogP contribution in [0.4, 0.5) is 0 Å². The Bertz CT molecular complexity index is 497. The normalized spacial score (nSPS) is 9.14. The highest BCUT2D eigenvalue weighted by Gasteiger charge is 2.06. The van der Waals surface area contributed by atoms with Gasteiger partial charge < -0.3 is 5.32 Å². The molecule has 0 amide bonds. The Morgan fingerprint density at radius 2 is 1.19 bits per heavy atom. The van der Waals surface area contributed by atoms with Gasteiger partial charge in [0.1, 0.15) is 0 Å². The van der Waals surface area contributed by atoms with Crippen LogP contribution in [-0.4, -0.2) is 18.9 Å². The Labute approximate surface area is 126 Å². The van der Waals surface area contributed by atoms with Crippen molar-refractivity contribution in [2.45, 2.75) is 0 Å². The molecule has 0 fully saturated rings. The molecule has 21 heavy (non-hydrogen) atoms. The van der Waals surface area contributed by atoms with Gasteiger partial charge in [0.15, 0.2) is 5.78 Å². The van der Waals surface area contributed by atoms with Gasteiger partial charge in [-0.2, -0.15) is 0 Å². The number of benzene rings is 2. The van der Waals surface area contributed by atoms with E-state index in [2.05, 4.69) is 18.5 Å². The van der Waals surface area contributed by atoms with E-state index in [0.717, 1.165) is 24.2 Å². The minimum atomic E-state index is 0.0752. The van der Waals surface area contributed by atoms with Crippen LogP contribution in [0.25, 0.3) is 0 Å². The summed E-state index contributed by atoms with van der Waals surface area (Å²) in [5.41, 5.74) is 1.47. The van der Waals surface area contributed by atoms with Gasteiger partial charge in [-0.25, -0.2) is 0 Å². The van der Waals surface area contributed by atoms with Gasteiger partial charge >= 0.3 is 0 Å². The summed E-state index contributed by atoms with van der Waals surface area (Å²) in [6.45, 7) is 8.81. The monoisotopic (exact) mass is 279 g/mol. The summed E-state index contributed by atoms with van der Waals surface area (Å²) in [6, 6.07) is 18.6. The first-order chi connectivity index (χ1) is 10.3. The lowest BCUT2D eigenvalue weighted by Crippen LogP contribution is -2.11. The van der Waals surface area contributed by atoms with Gasteiger partial charge in [0.2, 0.25) is 0 Å². The van der Waals surface area contributed by atoms with Crippen LogP contribution in [0.3, 0.4) is 0 Å². The highest BCUT2D eigenvalue weighted by Crippen LogP contribution is 2.08. The fourth-order valence-electron chi connectivity index (χ4n) is 1.63. The van der Waals surface area contributed by atoms with Crippen molar-refractivity contribution in [1.82, 2.24) is 5.32 Å². The second-order valence-electron chi connectivity index (χ2n) is 4.30. The van der Waals surface area contributed by atoms with E-state index in [1.54, 1.807) is 0 Å². The van der Waals surface area contributed by atoms with E-state index in [1.165, 1.54) is 0 Å². The van der Waals surface area contributed by atoms with Crippen LogP contribution < -0.4 is 5.32 Å². The van der Waals surface area contributed by atoms with E-state index in [0.29, 0.717) is 0 Å². The van der Waals surface area contributed by atoms with E-state index in [4.69, 9.17) is 0 Å². The molecule has 1 N–H and O–H groups in total. The van der Waals surface area contributed by atoms with Crippen LogP contribution >= 0.6 is 0 Å². The van der Waals surface area contributed by atoms with E-state index in [1.807, 2.05) is 72.8 Å². The number of rotatable bonds is 6. The molecule has 2 rings (SSSR count). The summed E-state index contributed by atoms with van der Waals surface area (Å²) in [7, 11) is 0. The lowest BCUT2D eigenvalue weighted by molar-refractivity contribution is 0.103. The van der Waals surface area contributed by atoms with Gasteiger partial charge in [-0.1, -0.05) is 72.8 Å². The Balaban J connectivity index is 0.000000270. The molecule has 2 heteroatoms. The summed E-state index contributed by atoms with van der Waals surface area (Å²) in [6.07, 6.45) is 3.65. The van der Waals surface area contributed by atoms with Crippen molar-refractivity contribution in [2.24, 2.45) is 0 Å². The van der Waals surface area contributed by atoms with E-state index in [9.17, 15) is 4.79 Å². The van der Waals surface area contributed by atoms with Crippen molar-refractivity contribution >= 4 is 5.78 Å². The smallest absolute Gasteiger partial charge is 0.193 e. The number of carbonyl (C=O) groups is 1. The van der Waals surface area contributed by atoms with Gasteiger partial charge in [-0.15, -0.1) is 13.2 Å². The van der Waals surface area contributed by atoms with Gasteiger partial charge in [0.25, 0.3) is 0 Å². The van der Waals surface area contributed by atoms with Crippen LogP contribution in [-0.2, 0) is 0 Å². The van der Waals surface area contributed by atoms with E-state index >= 15 is 0 Å². The molecule has 0 aliphatic heterocycles. The quantitative estimate of drug-likeness (QED) is 0.494. The molecule has 2 aromatic rings. The molecule has 0 aliphatic rings. The molecule has 108 valence electrons. The fourth-order valence-corrected chi connectivity index (χ4v) is 1.63. The van der Waals surface area contributed by atoms with Gasteiger partial charge in [0, 0.05) is 24.2 Å². The van der Waals surface area contributed by atoms with Crippen molar-refractivity contribution in [3.05, 3.63) is 97.1 Å². The molecular weight excluding hydrogens is 258 g/mol. The molecule has 2 nitrogen and oxygen atoms in total. The van der Waals surface area contributed by atoms with Crippen LogP contribution in [0, 0.1) is 0 Å². The molecule has 0 saturated carbocycles. The summed E-state index contributed by atoms with van der Waals surface area (Å²) in [5, 5.41) is 3.05. The lowest BCUT2D eigenvalue weighted by Gasteiger charge is -1.99. The van der Waals surface area contributed by atoms with Gasteiger partial charge in [-0.3, -0.25) is 4.79 Å². The fraction of sp³-hybridized carbons (Fsp3) is 0.105. The maximum Gasteiger partial charge on any atom is 0.193 e. The topological polar surface area (TPSA) is 29.1 Å². The van der Waals surface area contributed by atoms with Crippen LogP contribution in [0.1, 0.15) is 15.9 Å². The first-order valence-electron chi connectivity index (χ1n) is 6.87. The number of ketones is 1. The summed E-state index contributed by atoms with van der Waals surface area (Å²) >= 11 is 0. The molecule has 2 aromatic carbocycles. The second-order valence-corrected chi connectivity index (χ2v) is 4.30. The molecule has 0 bridgehead atoms. The third-order valence-electron chi connectivity index (χ3n) is 2.65. The zero-order valence-corrected chi connectivity index (χ0v) is 12.2. The molecule has 0 aromatic heterocycles. The van der Waals surface area contributed by atoms with Crippen molar-refractivity contribution < 1.29 is 4.79 Å². The summed E-state index contributed by atoms with van der Waals surface area (Å²) in [5.74, 6) is 0.0752. The molecule has 0 radical (unpaired) electrons. The predicted molar refractivity (Wildman–Crippen MR) is 89.6 cm³/mol. The molecular formula is C19H21NO. The SMILES string of the molecule is C=CCNCC=C.O=C(c1ccccc1)c1ccccc1. The van der Waals surface area contributed by atoms with Crippen LogP contribution in [0.5, 0.6) is 0 Å². The molecule has 0 aliphatic carbocycles. The standard InChI is InChI=1S/C13H10O.C6H11N/c14-13(11-7-3-1-4-8-11)12-9-5-2-6-10-12;1-3-5-7-6-4-2/h1-10H;3-4,7H,1-2,5-6H2. The number of nitrogens with one attached hydrogen (secondary N) is 1. The first kappa shape index (κ1) is 16.6. The Morgan fingerprint density at radius 3 is 1.52 bits per heavy atom. The Hall–Kier alpha value is -2.45. The maximum atomic E-state index is 11.8. The van der Waals surface area contributed by atoms with Gasteiger partial charge in [0.05, 0.1) is 0 Å². The number of hydrogen-bond acceptors (Lipinski definition) is 2. The summed E-state index contributed by atoms with van der Waals surface area (Å²) in [4.78, 5) is 11.8. The molecule has 0 saturated heterocycles. The third-order valence-corrected chi connectivity index (χ3v) is 2.65. The minimum Gasteiger partial charge on any atom is -0.310 e. The molecule has 0 spiro atoms. The summed E-state index contributed by atoms with van der Waals surface area (Å²) < 4.78 is 0. The zero-order chi connectivity index (χ0) is 15.3. The molecule has 0 atom stereocenters. The van der Waals surface area contributed by atoms with Crippen molar-refractivity contribution in [1.29, 1.82) is 0 Å². The largest absolute Gasteiger partial charge is 0.310 e.